The number of imidazole rings is 1. The number of benzene rings is 3. The third kappa shape index (κ3) is 5.82. The standard InChI is InChI=1S/C25H21Cl3N2O/c26-21-6-2-19(3-7-21)23(11-13-30-14-12-29-17-30)20-4-8-22(9-5-20)31-16-18-1-10-24(27)25(28)15-18/h1-10,12,14-15,17,23H,11,13,16H2. The van der Waals surface area contributed by atoms with Gasteiger partial charge in [0.15, 0.2) is 0 Å². The molecule has 0 N–H and O–H groups in total. The van der Waals surface area contributed by atoms with Crippen molar-refractivity contribution in [2.45, 2.75) is 25.5 Å². The Kier molecular flexibility index (Phi) is 7.18. The lowest BCUT2D eigenvalue weighted by Crippen LogP contribution is -2.06. The quantitative estimate of drug-likeness (QED) is 0.264. The summed E-state index contributed by atoms with van der Waals surface area (Å²) in [5.41, 5.74) is 3.43. The molecule has 0 amide bonds. The van der Waals surface area contributed by atoms with Gasteiger partial charge >= 0.3 is 0 Å². The Morgan fingerprint density at radius 1 is 0.839 bits per heavy atom. The first-order valence-corrected chi connectivity index (χ1v) is 11.1. The SMILES string of the molecule is Clc1ccc(C(CCn2ccnc2)c2ccc(OCc3ccc(Cl)c(Cl)c3)cc2)cc1. The Balaban J connectivity index is 1.48. The molecule has 1 heterocycles. The van der Waals surface area contributed by atoms with Gasteiger partial charge in [0.1, 0.15) is 12.4 Å². The molecule has 3 aromatic carbocycles. The molecule has 1 aromatic heterocycles. The summed E-state index contributed by atoms with van der Waals surface area (Å²) in [4.78, 5) is 4.14. The molecule has 0 bridgehead atoms. The predicted octanol–water partition coefficient (Wildman–Crippen LogP) is 7.64. The van der Waals surface area contributed by atoms with E-state index in [0.717, 1.165) is 29.3 Å². The van der Waals surface area contributed by atoms with Crippen LogP contribution in [0, 0.1) is 0 Å². The Bertz CT molecular complexity index is 1110. The zero-order chi connectivity index (χ0) is 21.6. The zero-order valence-corrected chi connectivity index (χ0v) is 19.0. The Hall–Kier alpha value is -2.46. The van der Waals surface area contributed by atoms with Crippen LogP contribution in [0.1, 0.15) is 29.0 Å². The number of aryl methyl sites for hydroxylation is 1. The number of ether oxygens (including phenoxy) is 1. The van der Waals surface area contributed by atoms with E-state index in [-0.39, 0.29) is 5.92 Å². The van der Waals surface area contributed by atoms with Gasteiger partial charge in [0, 0.05) is 29.9 Å². The molecule has 0 radical (unpaired) electrons. The van der Waals surface area contributed by atoms with Crippen molar-refractivity contribution in [2.24, 2.45) is 0 Å². The molecule has 4 rings (SSSR count). The second-order valence-electron chi connectivity index (χ2n) is 7.30. The molecular weight excluding hydrogens is 451 g/mol. The average molecular weight is 472 g/mol. The van der Waals surface area contributed by atoms with Gasteiger partial charge in [0.05, 0.1) is 16.4 Å². The van der Waals surface area contributed by atoms with Crippen molar-refractivity contribution in [1.29, 1.82) is 0 Å². The highest BCUT2D eigenvalue weighted by atomic mass is 35.5. The van der Waals surface area contributed by atoms with Crippen LogP contribution < -0.4 is 4.74 Å². The number of rotatable bonds is 8. The van der Waals surface area contributed by atoms with Gasteiger partial charge in [-0.3, -0.25) is 0 Å². The molecule has 0 aliphatic heterocycles. The van der Waals surface area contributed by atoms with Crippen molar-refractivity contribution in [2.75, 3.05) is 0 Å². The Morgan fingerprint density at radius 3 is 2.19 bits per heavy atom. The first-order valence-electron chi connectivity index (χ1n) is 9.96. The summed E-state index contributed by atoms with van der Waals surface area (Å²) >= 11 is 18.2. The molecule has 1 unspecified atom stereocenters. The number of aromatic nitrogens is 2. The first-order chi connectivity index (χ1) is 15.1. The van der Waals surface area contributed by atoms with E-state index in [1.807, 2.05) is 48.9 Å². The molecule has 0 saturated heterocycles. The minimum atomic E-state index is 0.240. The fourth-order valence-corrected chi connectivity index (χ4v) is 3.96. The molecular formula is C25H21Cl3N2O. The Morgan fingerprint density at radius 2 is 1.55 bits per heavy atom. The van der Waals surface area contributed by atoms with E-state index in [2.05, 4.69) is 33.8 Å². The molecule has 6 heteroatoms. The number of hydrogen-bond acceptors (Lipinski definition) is 2. The van der Waals surface area contributed by atoms with Gasteiger partial charge in [-0.2, -0.15) is 0 Å². The number of nitrogens with zero attached hydrogens (tertiary/aromatic N) is 2. The lowest BCUT2D eigenvalue weighted by atomic mass is 9.88. The van der Waals surface area contributed by atoms with E-state index in [0.29, 0.717) is 16.7 Å². The lowest BCUT2D eigenvalue weighted by Gasteiger charge is -2.19. The van der Waals surface area contributed by atoms with E-state index in [1.165, 1.54) is 11.1 Å². The van der Waals surface area contributed by atoms with Gasteiger partial charge in [-0.15, -0.1) is 0 Å². The monoisotopic (exact) mass is 470 g/mol. The van der Waals surface area contributed by atoms with Gasteiger partial charge in [-0.25, -0.2) is 4.98 Å². The van der Waals surface area contributed by atoms with Crippen molar-refractivity contribution in [3.05, 3.63) is 117 Å². The predicted molar refractivity (Wildman–Crippen MR) is 127 cm³/mol. The van der Waals surface area contributed by atoms with Crippen LogP contribution in [0.25, 0.3) is 0 Å². The van der Waals surface area contributed by atoms with Crippen molar-refractivity contribution in [3.8, 4) is 5.75 Å². The third-order valence-corrected chi connectivity index (χ3v) is 6.17. The maximum atomic E-state index is 6.10. The van der Waals surface area contributed by atoms with Crippen LogP contribution in [-0.2, 0) is 13.2 Å². The second kappa shape index (κ2) is 10.2. The highest BCUT2D eigenvalue weighted by molar-refractivity contribution is 6.42. The maximum Gasteiger partial charge on any atom is 0.119 e. The minimum Gasteiger partial charge on any atom is -0.489 e. The third-order valence-electron chi connectivity index (χ3n) is 5.18. The smallest absolute Gasteiger partial charge is 0.119 e. The van der Waals surface area contributed by atoms with E-state index < -0.39 is 0 Å². The van der Waals surface area contributed by atoms with Gasteiger partial charge in [-0.1, -0.05) is 65.1 Å². The molecule has 0 fully saturated rings. The number of halogens is 3. The first kappa shape index (κ1) is 21.8. The summed E-state index contributed by atoms with van der Waals surface area (Å²) in [7, 11) is 0. The zero-order valence-electron chi connectivity index (χ0n) is 16.7. The molecule has 3 nitrogen and oxygen atoms in total. The van der Waals surface area contributed by atoms with Crippen LogP contribution in [-0.4, -0.2) is 9.55 Å². The molecule has 0 aliphatic carbocycles. The van der Waals surface area contributed by atoms with E-state index in [4.69, 9.17) is 39.5 Å². The summed E-state index contributed by atoms with van der Waals surface area (Å²) in [5.74, 6) is 1.04. The van der Waals surface area contributed by atoms with Gasteiger partial charge in [0.2, 0.25) is 0 Å². The van der Waals surface area contributed by atoms with Crippen LogP contribution >= 0.6 is 34.8 Å². The van der Waals surface area contributed by atoms with Crippen LogP contribution in [0.3, 0.4) is 0 Å². The fraction of sp³-hybridized carbons (Fsp3) is 0.160. The Labute approximate surface area is 197 Å². The van der Waals surface area contributed by atoms with E-state index in [9.17, 15) is 0 Å². The van der Waals surface area contributed by atoms with Crippen molar-refractivity contribution < 1.29 is 4.74 Å². The minimum absolute atomic E-state index is 0.240. The molecule has 0 saturated carbocycles. The van der Waals surface area contributed by atoms with Gasteiger partial charge in [0.25, 0.3) is 0 Å². The van der Waals surface area contributed by atoms with Crippen molar-refractivity contribution >= 4 is 34.8 Å². The highest BCUT2D eigenvalue weighted by Gasteiger charge is 2.15. The molecule has 1 atom stereocenters. The molecule has 4 aromatic rings. The van der Waals surface area contributed by atoms with Crippen LogP contribution in [0.5, 0.6) is 5.75 Å². The molecule has 0 spiro atoms. The van der Waals surface area contributed by atoms with Crippen LogP contribution in [0.15, 0.2) is 85.5 Å². The second-order valence-corrected chi connectivity index (χ2v) is 8.55. The summed E-state index contributed by atoms with van der Waals surface area (Å²) < 4.78 is 8.03. The van der Waals surface area contributed by atoms with Gasteiger partial charge in [-0.05, 0) is 59.5 Å². The average Bonchev–Trinajstić information content (AvgIpc) is 3.30. The lowest BCUT2D eigenvalue weighted by molar-refractivity contribution is 0.306. The highest BCUT2D eigenvalue weighted by Crippen LogP contribution is 2.31. The van der Waals surface area contributed by atoms with Gasteiger partial charge < -0.3 is 9.30 Å². The summed E-state index contributed by atoms with van der Waals surface area (Å²) in [6.45, 7) is 1.31. The summed E-state index contributed by atoms with van der Waals surface area (Å²) in [5, 5.41) is 1.81. The largest absolute Gasteiger partial charge is 0.489 e. The van der Waals surface area contributed by atoms with Crippen LogP contribution in [0.2, 0.25) is 15.1 Å². The van der Waals surface area contributed by atoms with E-state index in [1.54, 1.807) is 12.3 Å². The number of hydrogen-bond donors (Lipinski definition) is 0. The van der Waals surface area contributed by atoms with Crippen LogP contribution in [0.4, 0.5) is 0 Å². The van der Waals surface area contributed by atoms with E-state index >= 15 is 0 Å². The molecule has 31 heavy (non-hydrogen) atoms. The molecule has 0 aliphatic rings. The summed E-state index contributed by atoms with van der Waals surface area (Å²) in [6, 6.07) is 21.8. The van der Waals surface area contributed by atoms with Crippen molar-refractivity contribution in [3.63, 3.8) is 0 Å². The fourth-order valence-electron chi connectivity index (χ4n) is 3.51. The topological polar surface area (TPSA) is 27.1 Å². The maximum absolute atomic E-state index is 6.10. The van der Waals surface area contributed by atoms with Crippen molar-refractivity contribution in [1.82, 2.24) is 9.55 Å². The summed E-state index contributed by atoms with van der Waals surface area (Å²) in [6.07, 6.45) is 6.58. The normalized spacial score (nSPS) is 12.0. The molecule has 158 valence electrons.